The summed E-state index contributed by atoms with van der Waals surface area (Å²) in [4.78, 5) is 12.4. The van der Waals surface area contributed by atoms with Crippen molar-refractivity contribution in [2.75, 3.05) is 13.1 Å². The molecule has 0 aliphatic carbocycles. The van der Waals surface area contributed by atoms with Gasteiger partial charge < -0.3 is 15.7 Å². The Morgan fingerprint density at radius 3 is 2.90 bits per heavy atom. The molecule has 1 amide bonds. The molecule has 0 bridgehead atoms. The van der Waals surface area contributed by atoms with Gasteiger partial charge in [0.25, 0.3) is 5.91 Å². The highest BCUT2D eigenvalue weighted by atomic mass is 35.5. The van der Waals surface area contributed by atoms with Gasteiger partial charge in [-0.3, -0.25) is 9.48 Å². The molecule has 0 saturated carbocycles. The first-order chi connectivity index (χ1) is 9.52. The summed E-state index contributed by atoms with van der Waals surface area (Å²) in [6, 6.07) is 1.60. The van der Waals surface area contributed by atoms with Gasteiger partial charge in [0.05, 0.1) is 17.8 Å². The van der Waals surface area contributed by atoms with E-state index < -0.39 is 6.10 Å². The van der Waals surface area contributed by atoms with Crippen LogP contribution in [0.2, 0.25) is 0 Å². The van der Waals surface area contributed by atoms with Crippen LogP contribution < -0.4 is 10.6 Å². The summed E-state index contributed by atoms with van der Waals surface area (Å²) in [5.41, 5.74) is 1.48. The Hall–Kier alpha value is -1.11. The number of carbonyl (C=O) groups is 1. The second-order valence-corrected chi connectivity index (χ2v) is 5.57. The molecule has 120 valence electrons. The topological polar surface area (TPSA) is 79.2 Å². The lowest BCUT2D eigenvalue weighted by Gasteiger charge is -2.29. The molecule has 1 aromatic heterocycles. The number of carbonyl (C=O) groups excluding carboxylic acids is 1. The van der Waals surface area contributed by atoms with Crippen molar-refractivity contribution in [3.05, 3.63) is 17.5 Å². The van der Waals surface area contributed by atoms with Crippen molar-refractivity contribution in [2.24, 2.45) is 0 Å². The normalized spacial score (nSPS) is 22.0. The van der Waals surface area contributed by atoms with Gasteiger partial charge >= 0.3 is 0 Å². The second kappa shape index (κ2) is 7.77. The summed E-state index contributed by atoms with van der Waals surface area (Å²) in [5.74, 6) is 0.121. The van der Waals surface area contributed by atoms with Crippen LogP contribution in [0.4, 0.5) is 0 Å². The van der Waals surface area contributed by atoms with E-state index in [4.69, 9.17) is 0 Å². The van der Waals surface area contributed by atoms with Gasteiger partial charge in [-0.1, -0.05) is 13.8 Å². The predicted molar refractivity (Wildman–Crippen MR) is 84.0 cm³/mol. The number of aliphatic hydroxyl groups is 1. The largest absolute Gasteiger partial charge is 0.391 e. The van der Waals surface area contributed by atoms with Crippen molar-refractivity contribution in [1.82, 2.24) is 20.4 Å². The molecule has 1 aromatic rings. The lowest BCUT2D eigenvalue weighted by molar-refractivity contribution is 0.0746. The van der Waals surface area contributed by atoms with Gasteiger partial charge in [-0.05, 0) is 31.9 Å². The van der Waals surface area contributed by atoms with Gasteiger partial charge in [0.2, 0.25) is 0 Å². The first-order valence-corrected chi connectivity index (χ1v) is 7.30. The third-order valence-electron chi connectivity index (χ3n) is 3.68. The van der Waals surface area contributed by atoms with Gasteiger partial charge in [0.1, 0.15) is 5.69 Å². The highest BCUT2D eigenvalue weighted by molar-refractivity contribution is 5.93. The molecule has 2 heterocycles. The fourth-order valence-electron chi connectivity index (χ4n) is 2.38. The van der Waals surface area contributed by atoms with Crippen molar-refractivity contribution < 1.29 is 9.90 Å². The van der Waals surface area contributed by atoms with Crippen molar-refractivity contribution >= 4 is 18.3 Å². The van der Waals surface area contributed by atoms with E-state index in [1.165, 1.54) is 0 Å². The Balaban J connectivity index is 0.00000220. The third-order valence-corrected chi connectivity index (χ3v) is 3.68. The number of piperidine rings is 1. The molecular formula is C14H25ClN4O2. The van der Waals surface area contributed by atoms with E-state index in [0.717, 1.165) is 12.2 Å². The minimum absolute atomic E-state index is 0. The van der Waals surface area contributed by atoms with Crippen LogP contribution >= 0.6 is 12.4 Å². The molecule has 0 spiro atoms. The number of aryl methyl sites for hydroxylation is 1. The van der Waals surface area contributed by atoms with E-state index >= 15 is 0 Å². The van der Waals surface area contributed by atoms with Crippen LogP contribution in [-0.4, -0.2) is 46.0 Å². The minimum atomic E-state index is -0.484. The first kappa shape index (κ1) is 17.9. The van der Waals surface area contributed by atoms with Crippen LogP contribution in [0.25, 0.3) is 0 Å². The Kier molecular flexibility index (Phi) is 6.64. The fourth-order valence-corrected chi connectivity index (χ4v) is 2.38. The highest BCUT2D eigenvalue weighted by Gasteiger charge is 2.26. The third kappa shape index (κ3) is 4.18. The van der Waals surface area contributed by atoms with Crippen LogP contribution in [0.1, 0.15) is 49.3 Å². The number of rotatable bonds is 4. The monoisotopic (exact) mass is 316 g/mol. The van der Waals surface area contributed by atoms with E-state index in [0.29, 0.717) is 25.2 Å². The molecule has 0 unspecified atom stereocenters. The number of nitrogens with one attached hydrogen (secondary N) is 2. The lowest BCUT2D eigenvalue weighted by atomic mass is 10.0. The number of amides is 1. The van der Waals surface area contributed by atoms with E-state index in [9.17, 15) is 9.90 Å². The van der Waals surface area contributed by atoms with Crippen LogP contribution in [0.3, 0.4) is 0 Å². The van der Waals surface area contributed by atoms with Gasteiger partial charge in [0, 0.05) is 13.1 Å². The molecule has 0 aromatic carbocycles. The van der Waals surface area contributed by atoms with Crippen molar-refractivity contribution in [3.8, 4) is 0 Å². The number of aliphatic hydroxyl groups excluding tert-OH is 1. The number of halogens is 1. The average molecular weight is 317 g/mol. The molecule has 2 atom stereocenters. The van der Waals surface area contributed by atoms with Crippen LogP contribution in [0.5, 0.6) is 0 Å². The van der Waals surface area contributed by atoms with Crippen molar-refractivity contribution in [3.63, 3.8) is 0 Å². The van der Waals surface area contributed by atoms with E-state index in [1.807, 2.05) is 13.0 Å². The van der Waals surface area contributed by atoms with Gasteiger partial charge in [-0.2, -0.15) is 5.10 Å². The second-order valence-electron chi connectivity index (χ2n) is 5.57. The molecule has 3 N–H and O–H groups in total. The number of hydrogen-bond donors (Lipinski definition) is 3. The predicted octanol–water partition coefficient (Wildman–Crippen LogP) is 0.901. The molecule has 1 aliphatic rings. The summed E-state index contributed by atoms with van der Waals surface area (Å²) in [5, 5.41) is 20.4. The fraction of sp³-hybridized carbons (Fsp3) is 0.714. The highest BCUT2D eigenvalue weighted by Crippen LogP contribution is 2.15. The molecule has 1 saturated heterocycles. The summed E-state index contributed by atoms with van der Waals surface area (Å²) < 4.78 is 1.72. The molecular weight excluding hydrogens is 292 g/mol. The number of hydrogen-bond acceptors (Lipinski definition) is 4. The van der Waals surface area contributed by atoms with E-state index in [-0.39, 0.29) is 30.3 Å². The average Bonchev–Trinajstić information content (AvgIpc) is 2.85. The molecule has 1 aliphatic heterocycles. The molecule has 6 nitrogen and oxygen atoms in total. The van der Waals surface area contributed by atoms with Crippen LogP contribution in [0.15, 0.2) is 6.07 Å². The zero-order chi connectivity index (χ0) is 14.7. The summed E-state index contributed by atoms with van der Waals surface area (Å²) >= 11 is 0. The zero-order valence-corrected chi connectivity index (χ0v) is 13.6. The van der Waals surface area contributed by atoms with Crippen molar-refractivity contribution in [1.29, 1.82) is 0 Å². The molecule has 7 heteroatoms. The minimum Gasteiger partial charge on any atom is -0.391 e. The maximum atomic E-state index is 12.4. The number of aromatic nitrogens is 2. The summed E-state index contributed by atoms with van der Waals surface area (Å²) in [6.45, 7) is 8.12. The summed E-state index contributed by atoms with van der Waals surface area (Å²) in [6.07, 6.45) is 0.178. The SMILES string of the molecule is CCn1nc(C(C)C)cc1C(=O)N[C@@H]1CNCC[C@H]1O.Cl. The molecule has 1 fully saturated rings. The van der Waals surface area contributed by atoms with Gasteiger partial charge in [0.15, 0.2) is 0 Å². The lowest BCUT2D eigenvalue weighted by Crippen LogP contribution is -2.53. The van der Waals surface area contributed by atoms with Gasteiger partial charge in [-0.15, -0.1) is 12.4 Å². The van der Waals surface area contributed by atoms with Crippen LogP contribution in [-0.2, 0) is 6.54 Å². The first-order valence-electron chi connectivity index (χ1n) is 7.30. The Bertz CT molecular complexity index is 476. The Labute approximate surface area is 131 Å². The Morgan fingerprint density at radius 1 is 1.62 bits per heavy atom. The Morgan fingerprint density at radius 2 is 2.33 bits per heavy atom. The van der Waals surface area contributed by atoms with E-state index in [1.54, 1.807) is 4.68 Å². The molecule has 0 radical (unpaired) electrons. The smallest absolute Gasteiger partial charge is 0.269 e. The number of nitrogens with zero attached hydrogens (tertiary/aromatic N) is 2. The zero-order valence-electron chi connectivity index (χ0n) is 12.8. The molecule has 21 heavy (non-hydrogen) atoms. The van der Waals surface area contributed by atoms with E-state index in [2.05, 4.69) is 29.6 Å². The standard InChI is InChI=1S/C14H24N4O2.ClH/c1-4-18-12(7-10(17-18)9(2)3)14(20)16-11-8-15-6-5-13(11)19;/h7,9,11,13,15,19H,4-6,8H2,1-3H3,(H,16,20);1H/t11-,13-;/m1./s1. The maximum Gasteiger partial charge on any atom is 0.269 e. The van der Waals surface area contributed by atoms with Crippen molar-refractivity contribution in [2.45, 2.75) is 51.8 Å². The summed E-state index contributed by atoms with van der Waals surface area (Å²) in [7, 11) is 0. The van der Waals surface area contributed by atoms with Crippen LogP contribution in [0, 0.1) is 0 Å². The quantitative estimate of drug-likeness (QED) is 0.771. The molecule has 2 rings (SSSR count). The maximum absolute atomic E-state index is 12.4. The van der Waals surface area contributed by atoms with Gasteiger partial charge in [-0.25, -0.2) is 0 Å².